The molecule has 0 saturated carbocycles. The fourth-order valence-corrected chi connectivity index (χ4v) is 1.63. The van der Waals surface area contributed by atoms with Crippen LogP contribution >= 0.6 is 39.1 Å². The highest BCUT2D eigenvalue weighted by molar-refractivity contribution is 9.10. The van der Waals surface area contributed by atoms with Crippen LogP contribution in [0, 0.1) is 0 Å². The molecule has 0 heterocycles. The monoisotopic (exact) mass is 264 g/mol. The molecule has 1 aromatic carbocycles. The lowest BCUT2D eigenvalue weighted by Gasteiger charge is -1.97. The summed E-state index contributed by atoms with van der Waals surface area (Å²) >= 11 is 14.8. The van der Waals surface area contributed by atoms with E-state index in [-0.39, 0.29) is 0 Å². The van der Waals surface area contributed by atoms with Crippen molar-refractivity contribution in [2.75, 3.05) is 5.88 Å². The molecule has 0 amide bonds. The SMILES string of the molecule is ClC/C=C/c1ccc(Br)cc1Cl. The summed E-state index contributed by atoms with van der Waals surface area (Å²) in [5, 5.41) is 0.728. The van der Waals surface area contributed by atoms with E-state index in [2.05, 4.69) is 15.9 Å². The molecule has 1 aromatic rings. The molecule has 0 saturated heterocycles. The average Bonchev–Trinajstić information content (AvgIpc) is 2.03. The lowest BCUT2D eigenvalue weighted by Crippen LogP contribution is -1.75. The molecule has 0 aliphatic carbocycles. The van der Waals surface area contributed by atoms with Crippen molar-refractivity contribution in [2.24, 2.45) is 0 Å². The first-order valence-corrected chi connectivity index (χ1v) is 5.12. The van der Waals surface area contributed by atoms with Crippen molar-refractivity contribution in [1.82, 2.24) is 0 Å². The molecule has 0 radical (unpaired) electrons. The number of hydrogen-bond donors (Lipinski definition) is 0. The second-order valence-corrected chi connectivity index (χ2v) is 3.85. The summed E-state index contributed by atoms with van der Waals surface area (Å²) in [6.07, 6.45) is 3.76. The van der Waals surface area contributed by atoms with E-state index in [4.69, 9.17) is 23.2 Å². The molecule has 0 aliphatic heterocycles. The highest BCUT2D eigenvalue weighted by atomic mass is 79.9. The summed E-state index contributed by atoms with van der Waals surface area (Å²) in [6, 6.07) is 5.74. The Morgan fingerprint density at radius 1 is 1.42 bits per heavy atom. The van der Waals surface area contributed by atoms with E-state index < -0.39 is 0 Å². The normalized spacial score (nSPS) is 10.9. The number of benzene rings is 1. The van der Waals surface area contributed by atoms with Crippen LogP contribution in [0.3, 0.4) is 0 Å². The summed E-state index contributed by atoms with van der Waals surface area (Å²) in [6.45, 7) is 0. The van der Waals surface area contributed by atoms with Gasteiger partial charge in [0.15, 0.2) is 0 Å². The van der Waals surface area contributed by atoms with E-state index in [1.54, 1.807) is 0 Å². The maximum Gasteiger partial charge on any atom is 0.0489 e. The lowest BCUT2D eigenvalue weighted by atomic mass is 10.2. The highest BCUT2D eigenvalue weighted by Crippen LogP contribution is 2.22. The molecule has 0 atom stereocenters. The average molecular weight is 266 g/mol. The molecule has 0 nitrogen and oxygen atoms in total. The molecule has 1 rings (SSSR count). The molecule has 0 spiro atoms. The van der Waals surface area contributed by atoms with Gasteiger partial charge in [-0.25, -0.2) is 0 Å². The molecule has 0 aliphatic rings. The van der Waals surface area contributed by atoms with Gasteiger partial charge in [-0.05, 0) is 17.7 Å². The van der Waals surface area contributed by atoms with Crippen molar-refractivity contribution < 1.29 is 0 Å². The van der Waals surface area contributed by atoms with Gasteiger partial charge in [0.25, 0.3) is 0 Å². The molecule has 0 aromatic heterocycles. The van der Waals surface area contributed by atoms with Gasteiger partial charge in [-0.2, -0.15) is 0 Å². The predicted octanol–water partition coefficient (Wildman–Crippen LogP) is 4.35. The fourth-order valence-electron chi connectivity index (χ4n) is 0.808. The summed E-state index contributed by atoms with van der Waals surface area (Å²) in [4.78, 5) is 0. The van der Waals surface area contributed by atoms with E-state index in [0.717, 1.165) is 15.1 Å². The van der Waals surface area contributed by atoms with Gasteiger partial charge in [-0.15, -0.1) is 11.6 Å². The number of allylic oxidation sites excluding steroid dienone is 1. The van der Waals surface area contributed by atoms with Gasteiger partial charge in [0.2, 0.25) is 0 Å². The molecular weight excluding hydrogens is 259 g/mol. The predicted molar refractivity (Wildman–Crippen MR) is 58.9 cm³/mol. The minimum absolute atomic E-state index is 0.506. The Labute approximate surface area is 90.3 Å². The van der Waals surface area contributed by atoms with Crippen LogP contribution in [-0.2, 0) is 0 Å². The zero-order chi connectivity index (χ0) is 8.97. The first-order chi connectivity index (χ1) is 5.74. The van der Waals surface area contributed by atoms with E-state index in [1.807, 2.05) is 30.4 Å². The Hall–Kier alpha value is 0.0200. The fraction of sp³-hybridized carbons (Fsp3) is 0.111. The van der Waals surface area contributed by atoms with Crippen LogP contribution in [0.15, 0.2) is 28.7 Å². The second kappa shape index (κ2) is 4.90. The Bertz CT molecular complexity index is 295. The van der Waals surface area contributed by atoms with Crippen LogP contribution in [0.1, 0.15) is 5.56 Å². The first-order valence-electron chi connectivity index (χ1n) is 3.41. The standard InChI is InChI=1S/C9H7BrCl2/c10-8-4-3-7(2-1-5-11)9(12)6-8/h1-4,6H,5H2/b2-1+. The Balaban J connectivity index is 2.94. The summed E-state index contributed by atoms with van der Waals surface area (Å²) < 4.78 is 0.982. The molecule has 0 bridgehead atoms. The molecule has 64 valence electrons. The largest absolute Gasteiger partial charge is 0.122 e. The topological polar surface area (TPSA) is 0 Å². The Kier molecular flexibility index (Phi) is 4.13. The van der Waals surface area contributed by atoms with Gasteiger partial charge in [-0.3, -0.25) is 0 Å². The van der Waals surface area contributed by atoms with E-state index >= 15 is 0 Å². The summed E-state index contributed by atoms with van der Waals surface area (Å²) in [7, 11) is 0. The summed E-state index contributed by atoms with van der Waals surface area (Å²) in [5.74, 6) is 0.506. The van der Waals surface area contributed by atoms with Gasteiger partial charge in [0.05, 0.1) is 0 Å². The smallest absolute Gasteiger partial charge is 0.0489 e. The van der Waals surface area contributed by atoms with Crippen molar-refractivity contribution >= 4 is 45.2 Å². The third-order valence-corrected chi connectivity index (χ3v) is 2.35. The maximum atomic E-state index is 5.94. The van der Waals surface area contributed by atoms with Crippen LogP contribution in [0.5, 0.6) is 0 Å². The van der Waals surface area contributed by atoms with Crippen molar-refractivity contribution in [3.8, 4) is 0 Å². The first kappa shape index (κ1) is 10.1. The van der Waals surface area contributed by atoms with Crippen LogP contribution in [0.25, 0.3) is 6.08 Å². The lowest BCUT2D eigenvalue weighted by molar-refractivity contribution is 1.60. The van der Waals surface area contributed by atoms with Crippen molar-refractivity contribution in [1.29, 1.82) is 0 Å². The van der Waals surface area contributed by atoms with Crippen LogP contribution in [-0.4, -0.2) is 5.88 Å². The number of alkyl halides is 1. The van der Waals surface area contributed by atoms with Crippen molar-refractivity contribution in [3.63, 3.8) is 0 Å². The Morgan fingerprint density at radius 3 is 2.75 bits per heavy atom. The molecule has 0 N–H and O–H groups in total. The number of halogens is 3. The van der Waals surface area contributed by atoms with Crippen LogP contribution < -0.4 is 0 Å². The highest BCUT2D eigenvalue weighted by Gasteiger charge is 1.95. The van der Waals surface area contributed by atoms with Gasteiger partial charge in [0.1, 0.15) is 0 Å². The Morgan fingerprint density at radius 2 is 2.17 bits per heavy atom. The quantitative estimate of drug-likeness (QED) is 0.698. The van der Waals surface area contributed by atoms with Crippen molar-refractivity contribution in [2.45, 2.75) is 0 Å². The molecular formula is C9H7BrCl2. The molecule has 0 unspecified atom stereocenters. The van der Waals surface area contributed by atoms with Crippen LogP contribution in [0.2, 0.25) is 5.02 Å². The zero-order valence-electron chi connectivity index (χ0n) is 6.23. The number of rotatable bonds is 2. The molecule has 12 heavy (non-hydrogen) atoms. The van der Waals surface area contributed by atoms with Crippen LogP contribution in [0.4, 0.5) is 0 Å². The summed E-state index contributed by atoms with van der Waals surface area (Å²) in [5.41, 5.74) is 0.987. The third kappa shape index (κ3) is 2.81. The maximum absolute atomic E-state index is 5.94. The molecule has 0 fully saturated rings. The minimum Gasteiger partial charge on any atom is -0.122 e. The van der Waals surface area contributed by atoms with Gasteiger partial charge >= 0.3 is 0 Å². The van der Waals surface area contributed by atoms with Gasteiger partial charge in [0, 0.05) is 15.4 Å². The minimum atomic E-state index is 0.506. The second-order valence-electron chi connectivity index (χ2n) is 2.22. The van der Waals surface area contributed by atoms with E-state index in [9.17, 15) is 0 Å². The molecule has 3 heteroatoms. The van der Waals surface area contributed by atoms with Crippen molar-refractivity contribution in [3.05, 3.63) is 39.3 Å². The zero-order valence-corrected chi connectivity index (χ0v) is 9.33. The van der Waals surface area contributed by atoms with E-state index in [0.29, 0.717) is 5.88 Å². The van der Waals surface area contributed by atoms with E-state index in [1.165, 1.54) is 0 Å². The van der Waals surface area contributed by atoms with Gasteiger partial charge < -0.3 is 0 Å². The third-order valence-electron chi connectivity index (χ3n) is 1.35. The number of hydrogen-bond acceptors (Lipinski definition) is 0. The van der Waals surface area contributed by atoms with Gasteiger partial charge in [-0.1, -0.05) is 45.7 Å².